The molecule has 12 heavy (non-hydrogen) atoms. The summed E-state index contributed by atoms with van der Waals surface area (Å²) in [6, 6.07) is 9.40. The van der Waals surface area contributed by atoms with Crippen LogP contribution in [0.5, 0.6) is 0 Å². The fraction of sp³-hybridized carbons (Fsp3) is 0.222. The Kier molecular flexibility index (Phi) is 3.29. The number of esters is 1. The number of ether oxygens (including phenoxy) is 1. The van der Waals surface area contributed by atoms with Crippen molar-refractivity contribution in [3.05, 3.63) is 35.9 Å². The van der Waals surface area contributed by atoms with Crippen molar-refractivity contribution in [2.75, 3.05) is 6.54 Å². The molecule has 0 saturated carbocycles. The van der Waals surface area contributed by atoms with Crippen molar-refractivity contribution >= 4 is 5.97 Å². The molecule has 0 amide bonds. The van der Waals surface area contributed by atoms with Crippen molar-refractivity contribution in [3.8, 4) is 0 Å². The molecule has 0 aliphatic carbocycles. The quantitative estimate of drug-likeness (QED) is 0.626. The van der Waals surface area contributed by atoms with E-state index in [4.69, 9.17) is 10.5 Å². The number of carbonyl (C=O) groups is 1. The van der Waals surface area contributed by atoms with E-state index in [1.807, 2.05) is 30.3 Å². The topological polar surface area (TPSA) is 50.1 Å². The number of hydrogen-bond acceptors (Lipinski definition) is 2. The smallest absolute Gasteiger partial charge is 0.321 e. The molecule has 0 atom stereocenters. The van der Waals surface area contributed by atoms with Gasteiger partial charge in [0.15, 0.2) is 0 Å². The van der Waals surface area contributed by atoms with E-state index in [9.17, 15) is 4.79 Å². The Bertz CT molecular complexity index is 246. The molecule has 0 aromatic heterocycles. The van der Waals surface area contributed by atoms with Crippen LogP contribution in [0.15, 0.2) is 30.3 Å². The van der Waals surface area contributed by atoms with E-state index in [0.717, 1.165) is 5.56 Å². The van der Waals surface area contributed by atoms with Gasteiger partial charge in [-0.2, -0.15) is 0 Å². The lowest BCUT2D eigenvalue weighted by Crippen LogP contribution is -2.09. The predicted octanol–water partition coefficient (Wildman–Crippen LogP) is 1.01. The van der Waals surface area contributed by atoms with E-state index in [0.29, 0.717) is 0 Å². The summed E-state index contributed by atoms with van der Waals surface area (Å²) in [5.74, 6) is -0.487. The number of hydrogen-bond donors (Lipinski definition) is 0. The Labute approximate surface area is 71.1 Å². The molecule has 0 unspecified atom stereocenters. The van der Waals surface area contributed by atoms with Crippen LogP contribution in [0.4, 0.5) is 0 Å². The summed E-state index contributed by atoms with van der Waals surface area (Å²) in [5, 5.41) is 0. The molecule has 0 spiro atoms. The Balaban J connectivity index is 2.38. The normalized spacial score (nSPS) is 9.42. The molecule has 63 valence electrons. The average Bonchev–Trinajstić information content (AvgIpc) is 2.16. The number of nitrogens with one attached hydrogen (secondary N) is 1. The molecular weight excluding hydrogens is 154 g/mol. The third-order valence-corrected chi connectivity index (χ3v) is 1.39. The number of rotatable bonds is 3. The van der Waals surface area contributed by atoms with E-state index >= 15 is 0 Å². The van der Waals surface area contributed by atoms with Crippen LogP contribution in [0.25, 0.3) is 0 Å². The highest BCUT2D eigenvalue weighted by Gasteiger charge is 1.98. The minimum atomic E-state index is -0.487. The van der Waals surface area contributed by atoms with Gasteiger partial charge < -0.3 is 4.74 Å². The summed E-state index contributed by atoms with van der Waals surface area (Å²) < 4.78 is 4.75. The van der Waals surface area contributed by atoms with Crippen molar-refractivity contribution in [2.45, 2.75) is 6.61 Å². The number of benzene rings is 1. The van der Waals surface area contributed by atoms with E-state index in [2.05, 4.69) is 0 Å². The second-order valence-electron chi connectivity index (χ2n) is 2.32. The monoisotopic (exact) mass is 164 g/mol. The zero-order chi connectivity index (χ0) is 8.81. The van der Waals surface area contributed by atoms with Gasteiger partial charge in [0.25, 0.3) is 0 Å². The molecule has 0 bridgehead atoms. The Morgan fingerprint density at radius 1 is 1.33 bits per heavy atom. The highest BCUT2D eigenvalue weighted by Crippen LogP contribution is 1.99. The van der Waals surface area contributed by atoms with Crippen LogP contribution < -0.4 is 5.73 Å². The standard InChI is InChI=1S/C9H10NO2/c10-6-9(11)12-7-8-4-2-1-3-5-8/h1-5,10H,6-7H2. The molecule has 0 heterocycles. The molecule has 0 aliphatic heterocycles. The van der Waals surface area contributed by atoms with E-state index in [1.54, 1.807) is 0 Å². The van der Waals surface area contributed by atoms with Gasteiger partial charge in [0.05, 0.1) is 0 Å². The SMILES string of the molecule is [NH]CC(=O)OCc1ccccc1. The molecule has 1 radical (unpaired) electrons. The lowest BCUT2D eigenvalue weighted by atomic mass is 10.2. The van der Waals surface area contributed by atoms with Crippen molar-refractivity contribution < 1.29 is 9.53 Å². The third kappa shape index (κ3) is 2.72. The molecule has 0 saturated heterocycles. The maximum absolute atomic E-state index is 10.6. The zero-order valence-corrected chi connectivity index (χ0v) is 6.62. The van der Waals surface area contributed by atoms with Crippen LogP contribution in [-0.2, 0) is 16.1 Å². The molecule has 0 fully saturated rings. The summed E-state index contributed by atoms with van der Waals surface area (Å²) in [4.78, 5) is 10.6. The van der Waals surface area contributed by atoms with Gasteiger partial charge in [-0.1, -0.05) is 30.3 Å². The van der Waals surface area contributed by atoms with Gasteiger partial charge in [-0.3, -0.25) is 4.79 Å². The largest absolute Gasteiger partial charge is 0.460 e. The maximum Gasteiger partial charge on any atom is 0.321 e. The Morgan fingerprint density at radius 3 is 2.58 bits per heavy atom. The highest BCUT2D eigenvalue weighted by molar-refractivity contribution is 5.71. The first-order valence-electron chi connectivity index (χ1n) is 3.67. The summed E-state index contributed by atoms with van der Waals surface area (Å²) >= 11 is 0. The second kappa shape index (κ2) is 4.51. The Morgan fingerprint density at radius 2 is 2.00 bits per heavy atom. The first-order valence-corrected chi connectivity index (χ1v) is 3.67. The van der Waals surface area contributed by atoms with Crippen LogP contribution in [0.2, 0.25) is 0 Å². The van der Waals surface area contributed by atoms with Gasteiger partial charge in [-0.05, 0) is 5.56 Å². The molecular formula is C9H10NO2. The van der Waals surface area contributed by atoms with E-state index < -0.39 is 5.97 Å². The fourth-order valence-corrected chi connectivity index (χ4v) is 0.789. The fourth-order valence-electron chi connectivity index (χ4n) is 0.789. The molecule has 1 N–H and O–H groups in total. The zero-order valence-electron chi connectivity index (χ0n) is 6.62. The second-order valence-corrected chi connectivity index (χ2v) is 2.32. The van der Waals surface area contributed by atoms with Gasteiger partial charge >= 0.3 is 5.97 Å². The van der Waals surface area contributed by atoms with Crippen LogP contribution in [0.1, 0.15) is 5.56 Å². The van der Waals surface area contributed by atoms with Gasteiger partial charge in [0.1, 0.15) is 13.2 Å². The average molecular weight is 164 g/mol. The number of carbonyl (C=O) groups excluding carboxylic acids is 1. The van der Waals surface area contributed by atoms with Gasteiger partial charge in [-0.25, -0.2) is 5.73 Å². The lowest BCUT2D eigenvalue weighted by Gasteiger charge is -2.01. The predicted molar refractivity (Wildman–Crippen MR) is 44.2 cm³/mol. The van der Waals surface area contributed by atoms with Crippen molar-refractivity contribution in [1.82, 2.24) is 5.73 Å². The first-order chi connectivity index (χ1) is 5.83. The molecule has 3 nitrogen and oxygen atoms in total. The van der Waals surface area contributed by atoms with Crippen LogP contribution in [0.3, 0.4) is 0 Å². The molecule has 1 aromatic rings. The van der Waals surface area contributed by atoms with E-state index in [-0.39, 0.29) is 13.2 Å². The lowest BCUT2D eigenvalue weighted by molar-refractivity contribution is -0.143. The Hall–Kier alpha value is -1.35. The summed E-state index contributed by atoms with van der Waals surface area (Å²) in [5.41, 5.74) is 7.64. The van der Waals surface area contributed by atoms with Crippen molar-refractivity contribution in [1.29, 1.82) is 0 Å². The summed E-state index contributed by atoms with van der Waals surface area (Å²) in [7, 11) is 0. The van der Waals surface area contributed by atoms with E-state index in [1.165, 1.54) is 0 Å². The molecule has 0 aliphatic rings. The minimum absolute atomic E-state index is 0.262. The van der Waals surface area contributed by atoms with Gasteiger partial charge in [0, 0.05) is 0 Å². The van der Waals surface area contributed by atoms with Crippen LogP contribution in [0, 0.1) is 0 Å². The summed E-state index contributed by atoms with van der Waals surface area (Å²) in [6.45, 7) is -0.0502. The van der Waals surface area contributed by atoms with Crippen molar-refractivity contribution in [2.24, 2.45) is 0 Å². The minimum Gasteiger partial charge on any atom is -0.460 e. The first kappa shape index (κ1) is 8.74. The third-order valence-electron chi connectivity index (χ3n) is 1.39. The summed E-state index contributed by atoms with van der Waals surface area (Å²) in [6.07, 6.45) is 0. The van der Waals surface area contributed by atoms with Gasteiger partial charge in [0.2, 0.25) is 0 Å². The van der Waals surface area contributed by atoms with Gasteiger partial charge in [-0.15, -0.1) is 0 Å². The molecule has 3 heteroatoms. The van der Waals surface area contributed by atoms with Crippen LogP contribution >= 0.6 is 0 Å². The molecule has 1 rings (SSSR count). The van der Waals surface area contributed by atoms with Crippen molar-refractivity contribution in [3.63, 3.8) is 0 Å². The molecule has 1 aromatic carbocycles. The maximum atomic E-state index is 10.6. The highest BCUT2D eigenvalue weighted by atomic mass is 16.5. The van der Waals surface area contributed by atoms with Crippen LogP contribution in [-0.4, -0.2) is 12.5 Å².